The van der Waals surface area contributed by atoms with Gasteiger partial charge in [-0.25, -0.2) is 0 Å². The quantitative estimate of drug-likeness (QED) is 0.773. The van der Waals surface area contributed by atoms with Crippen LogP contribution in [0.15, 0.2) is 23.1 Å². The first-order valence-electron chi connectivity index (χ1n) is 4.71. The van der Waals surface area contributed by atoms with Crippen molar-refractivity contribution in [2.45, 2.75) is 23.5 Å². The van der Waals surface area contributed by atoms with Crippen LogP contribution >= 0.6 is 11.8 Å². The molecule has 13 heavy (non-hydrogen) atoms. The Morgan fingerprint density at radius 3 is 3.08 bits per heavy atom. The molecule has 0 amide bonds. The van der Waals surface area contributed by atoms with Gasteiger partial charge in [0.25, 0.3) is 0 Å². The molecule has 1 unspecified atom stereocenters. The molecule has 0 aliphatic carbocycles. The molecule has 1 nitrogen and oxygen atoms in total. The smallest absolute Gasteiger partial charge is 0.0260 e. The van der Waals surface area contributed by atoms with Gasteiger partial charge in [-0.1, -0.05) is 12.1 Å². The highest BCUT2D eigenvalue weighted by atomic mass is 32.2. The fourth-order valence-electron chi connectivity index (χ4n) is 1.84. The van der Waals surface area contributed by atoms with Crippen molar-refractivity contribution in [3.63, 3.8) is 0 Å². The summed E-state index contributed by atoms with van der Waals surface area (Å²) in [6, 6.07) is 6.60. The maximum atomic E-state index is 3.24. The molecule has 1 heterocycles. The molecule has 1 N–H and O–H groups in total. The van der Waals surface area contributed by atoms with Crippen LogP contribution in [0, 0.1) is 6.92 Å². The van der Waals surface area contributed by atoms with Gasteiger partial charge in [-0.3, -0.25) is 0 Å². The highest BCUT2D eigenvalue weighted by molar-refractivity contribution is 8.00. The summed E-state index contributed by atoms with van der Waals surface area (Å²) in [4.78, 5) is 1.49. The van der Waals surface area contributed by atoms with Crippen LogP contribution in [-0.4, -0.2) is 18.8 Å². The van der Waals surface area contributed by atoms with Crippen LogP contribution in [0.25, 0.3) is 0 Å². The lowest BCUT2D eigenvalue weighted by Gasteiger charge is -2.05. The third-order valence-electron chi connectivity index (χ3n) is 2.52. The summed E-state index contributed by atoms with van der Waals surface area (Å²) in [7, 11) is 2.02. The average Bonchev–Trinajstić information content (AvgIpc) is 2.49. The van der Waals surface area contributed by atoms with E-state index >= 15 is 0 Å². The van der Waals surface area contributed by atoms with Crippen molar-refractivity contribution >= 4 is 11.8 Å². The number of rotatable bonds is 2. The third kappa shape index (κ3) is 1.74. The van der Waals surface area contributed by atoms with Gasteiger partial charge >= 0.3 is 0 Å². The minimum atomic E-state index is 0.737. The molecule has 0 saturated heterocycles. The Hall–Kier alpha value is -0.470. The van der Waals surface area contributed by atoms with Gasteiger partial charge in [0.1, 0.15) is 0 Å². The molecule has 0 aromatic heterocycles. The van der Waals surface area contributed by atoms with Crippen molar-refractivity contribution in [2.75, 3.05) is 13.6 Å². The normalized spacial score (nSPS) is 20.3. The van der Waals surface area contributed by atoms with Crippen molar-refractivity contribution in [3.8, 4) is 0 Å². The SMILES string of the molecule is CNCC1Cc2c(C)cccc2S1. The van der Waals surface area contributed by atoms with Crippen molar-refractivity contribution in [1.29, 1.82) is 0 Å². The van der Waals surface area contributed by atoms with Gasteiger partial charge in [0, 0.05) is 16.7 Å². The number of nitrogens with one attached hydrogen (secondary N) is 1. The van der Waals surface area contributed by atoms with Crippen molar-refractivity contribution in [3.05, 3.63) is 29.3 Å². The van der Waals surface area contributed by atoms with Crippen LogP contribution in [0.1, 0.15) is 11.1 Å². The molecule has 1 aliphatic heterocycles. The van der Waals surface area contributed by atoms with Gasteiger partial charge in [0.05, 0.1) is 0 Å². The van der Waals surface area contributed by atoms with Crippen LogP contribution in [0.3, 0.4) is 0 Å². The molecule has 0 radical (unpaired) electrons. The van der Waals surface area contributed by atoms with Crippen LogP contribution in [-0.2, 0) is 6.42 Å². The maximum absolute atomic E-state index is 3.24. The Kier molecular flexibility index (Phi) is 2.61. The number of benzene rings is 1. The van der Waals surface area contributed by atoms with Crippen molar-refractivity contribution in [2.24, 2.45) is 0 Å². The molecule has 2 heteroatoms. The molecule has 0 spiro atoms. The molecule has 0 bridgehead atoms. The average molecular weight is 193 g/mol. The predicted octanol–water partition coefficient (Wildman–Crippen LogP) is 2.23. The van der Waals surface area contributed by atoms with Gasteiger partial charge in [0.2, 0.25) is 0 Å². The summed E-state index contributed by atoms with van der Waals surface area (Å²) in [6.07, 6.45) is 1.23. The topological polar surface area (TPSA) is 12.0 Å². The minimum absolute atomic E-state index is 0.737. The molecule has 2 rings (SSSR count). The first kappa shape index (κ1) is 9.10. The lowest BCUT2D eigenvalue weighted by atomic mass is 10.0. The van der Waals surface area contributed by atoms with E-state index in [4.69, 9.17) is 0 Å². The number of aryl methyl sites for hydroxylation is 1. The van der Waals surface area contributed by atoms with Crippen molar-refractivity contribution in [1.82, 2.24) is 5.32 Å². The van der Waals surface area contributed by atoms with Gasteiger partial charge in [0.15, 0.2) is 0 Å². The Bertz CT molecular complexity index is 309. The van der Waals surface area contributed by atoms with E-state index in [0.29, 0.717) is 0 Å². The largest absolute Gasteiger partial charge is 0.319 e. The summed E-state index contributed by atoms with van der Waals surface area (Å²) in [5.74, 6) is 0. The zero-order valence-corrected chi connectivity index (χ0v) is 8.95. The number of thioether (sulfide) groups is 1. The van der Waals surface area contributed by atoms with E-state index in [0.717, 1.165) is 11.8 Å². The standard InChI is InChI=1S/C11H15NS/c1-8-4-3-5-11-10(8)6-9(13-11)7-12-2/h3-5,9,12H,6-7H2,1-2H3. The van der Waals surface area contributed by atoms with Gasteiger partial charge < -0.3 is 5.32 Å². The molecule has 1 aliphatic rings. The van der Waals surface area contributed by atoms with Gasteiger partial charge in [-0.15, -0.1) is 11.8 Å². The van der Waals surface area contributed by atoms with Crippen LogP contribution in [0.5, 0.6) is 0 Å². The maximum Gasteiger partial charge on any atom is 0.0260 e. The number of hydrogen-bond acceptors (Lipinski definition) is 2. The first-order valence-corrected chi connectivity index (χ1v) is 5.59. The molecule has 1 aromatic carbocycles. The third-order valence-corrected chi connectivity index (χ3v) is 3.83. The lowest BCUT2D eigenvalue weighted by molar-refractivity contribution is 0.747. The van der Waals surface area contributed by atoms with Crippen LogP contribution < -0.4 is 5.32 Å². The van der Waals surface area contributed by atoms with Gasteiger partial charge in [-0.2, -0.15) is 0 Å². The summed E-state index contributed by atoms with van der Waals surface area (Å²) < 4.78 is 0. The molecule has 1 aromatic rings. The summed E-state index contributed by atoms with van der Waals surface area (Å²) in [5, 5.41) is 3.98. The zero-order chi connectivity index (χ0) is 9.26. The first-order chi connectivity index (χ1) is 6.31. The second-order valence-electron chi connectivity index (χ2n) is 3.55. The molecular weight excluding hydrogens is 178 g/mol. The summed E-state index contributed by atoms with van der Waals surface area (Å²) in [6.45, 7) is 3.32. The van der Waals surface area contributed by atoms with E-state index in [1.807, 2.05) is 18.8 Å². The zero-order valence-electron chi connectivity index (χ0n) is 8.13. The van der Waals surface area contributed by atoms with Gasteiger partial charge in [-0.05, 0) is 37.6 Å². The van der Waals surface area contributed by atoms with E-state index in [1.165, 1.54) is 16.9 Å². The number of hydrogen-bond donors (Lipinski definition) is 1. The van der Waals surface area contributed by atoms with E-state index in [1.54, 1.807) is 5.56 Å². The van der Waals surface area contributed by atoms with Crippen molar-refractivity contribution < 1.29 is 0 Å². The minimum Gasteiger partial charge on any atom is -0.319 e. The van der Waals surface area contributed by atoms with Crippen LogP contribution in [0.4, 0.5) is 0 Å². The highest BCUT2D eigenvalue weighted by Gasteiger charge is 2.22. The molecule has 0 fully saturated rings. The monoisotopic (exact) mass is 193 g/mol. The molecule has 1 atom stereocenters. The highest BCUT2D eigenvalue weighted by Crippen LogP contribution is 2.37. The van der Waals surface area contributed by atoms with E-state index in [9.17, 15) is 0 Å². The second kappa shape index (κ2) is 3.72. The Morgan fingerprint density at radius 2 is 2.38 bits per heavy atom. The summed E-state index contributed by atoms with van der Waals surface area (Å²) >= 11 is 2.01. The summed E-state index contributed by atoms with van der Waals surface area (Å²) in [5.41, 5.74) is 3.01. The fraction of sp³-hybridized carbons (Fsp3) is 0.455. The van der Waals surface area contributed by atoms with E-state index < -0.39 is 0 Å². The molecule has 0 saturated carbocycles. The molecule has 70 valence electrons. The van der Waals surface area contributed by atoms with E-state index in [-0.39, 0.29) is 0 Å². The Labute approximate surface area is 83.9 Å². The number of fused-ring (bicyclic) bond motifs is 1. The fourth-order valence-corrected chi connectivity index (χ4v) is 3.24. The molecular formula is C11H15NS. The predicted molar refractivity (Wildman–Crippen MR) is 58.5 cm³/mol. The second-order valence-corrected chi connectivity index (χ2v) is 4.90. The Morgan fingerprint density at radius 1 is 1.54 bits per heavy atom. The Balaban J connectivity index is 2.20. The lowest BCUT2D eigenvalue weighted by Crippen LogP contribution is -2.20. The van der Waals surface area contributed by atoms with E-state index in [2.05, 4.69) is 30.4 Å². The van der Waals surface area contributed by atoms with Crippen LogP contribution in [0.2, 0.25) is 0 Å².